The molecule has 2 saturated heterocycles. The van der Waals surface area contributed by atoms with Crippen molar-refractivity contribution in [3.05, 3.63) is 35.6 Å². The molecule has 0 aliphatic carbocycles. The molecule has 2 aliphatic heterocycles. The fourth-order valence-electron chi connectivity index (χ4n) is 3.85. The summed E-state index contributed by atoms with van der Waals surface area (Å²) >= 11 is 0. The van der Waals surface area contributed by atoms with Gasteiger partial charge < -0.3 is 15.0 Å². The van der Waals surface area contributed by atoms with Crippen molar-refractivity contribution in [2.45, 2.75) is 38.1 Å². The first-order valence-electron chi connectivity index (χ1n) is 10.3. The van der Waals surface area contributed by atoms with Crippen molar-refractivity contribution in [3.63, 3.8) is 0 Å². The number of likely N-dealkylation sites (tertiary alicyclic amines) is 1. The highest BCUT2D eigenvalue weighted by Crippen LogP contribution is 2.21. The Bertz CT molecular complexity index is 647. The lowest BCUT2D eigenvalue weighted by molar-refractivity contribution is -0.136. The normalized spacial score (nSPS) is 20.3. The van der Waals surface area contributed by atoms with Crippen molar-refractivity contribution < 1.29 is 18.7 Å². The smallest absolute Gasteiger partial charge is 0.239 e. The first kappa shape index (κ1) is 20.7. The van der Waals surface area contributed by atoms with E-state index in [4.69, 9.17) is 4.74 Å². The van der Waals surface area contributed by atoms with Gasteiger partial charge in [-0.3, -0.25) is 14.5 Å². The van der Waals surface area contributed by atoms with Gasteiger partial charge in [0.05, 0.1) is 25.8 Å². The summed E-state index contributed by atoms with van der Waals surface area (Å²) < 4.78 is 18.8. The van der Waals surface area contributed by atoms with Gasteiger partial charge in [-0.15, -0.1) is 0 Å². The van der Waals surface area contributed by atoms with Crippen LogP contribution in [0.2, 0.25) is 0 Å². The van der Waals surface area contributed by atoms with Crippen LogP contribution < -0.4 is 5.32 Å². The van der Waals surface area contributed by atoms with Crippen molar-refractivity contribution in [2.75, 3.05) is 45.9 Å². The number of amides is 2. The van der Waals surface area contributed by atoms with Crippen molar-refractivity contribution in [1.82, 2.24) is 15.1 Å². The minimum absolute atomic E-state index is 0.0449. The summed E-state index contributed by atoms with van der Waals surface area (Å²) in [4.78, 5) is 28.7. The van der Waals surface area contributed by atoms with E-state index in [1.165, 1.54) is 12.1 Å². The maximum absolute atomic E-state index is 13.3. The molecule has 3 rings (SSSR count). The molecule has 154 valence electrons. The van der Waals surface area contributed by atoms with Gasteiger partial charge in [-0.1, -0.05) is 25.0 Å². The van der Waals surface area contributed by atoms with Gasteiger partial charge >= 0.3 is 0 Å². The van der Waals surface area contributed by atoms with Gasteiger partial charge in [-0.25, -0.2) is 4.39 Å². The van der Waals surface area contributed by atoms with Crippen LogP contribution in [0.4, 0.5) is 4.39 Å². The number of nitrogens with one attached hydrogen (secondary N) is 1. The standard InChI is InChI=1S/C21H30FN3O3/c22-18-8-6-17(7-9-18)19(24-11-13-28-14-12-24)15-23-20(26)16-25-10-4-2-1-3-5-21(25)27/h6-9,19H,1-5,10-16H2,(H,23,26)/t19-/m0/s1. The molecule has 2 heterocycles. The topological polar surface area (TPSA) is 61.9 Å². The van der Waals surface area contributed by atoms with Crippen molar-refractivity contribution >= 4 is 11.8 Å². The highest BCUT2D eigenvalue weighted by atomic mass is 19.1. The fourth-order valence-corrected chi connectivity index (χ4v) is 3.85. The summed E-state index contributed by atoms with van der Waals surface area (Å²) in [5.74, 6) is -0.350. The predicted molar refractivity (Wildman–Crippen MR) is 104 cm³/mol. The molecule has 0 radical (unpaired) electrons. The predicted octanol–water partition coefficient (Wildman–Crippen LogP) is 2.11. The van der Waals surface area contributed by atoms with Crippen LogP contribution >= 0.6 is 0 Å². The van der Waals surface area contributed by atoms with Crippen LogP contribution in [0.3, 0.4) is 0 Å². The number of halogens is 1. The molecule has 28 heavy (non-hydrogen) atoms. The molecule has 2 aliphatic rings. The lowest BCUT2D eigenvalue weighted by atomic mass is 10.0. The van der Waals surface area contributed by atoms with E-state index in [1.807, 2.05) is 0 Å². The maximum atomic E-state index is 13.3. The van der Waals surface area contributed by atoms with E-state index in [0.29, 0.717) is 32.7 Å². The molecule has 1 aromatic carbocycles. The van der Waals surface area contributed by atoms with Gasteiger partial charge in [0.15, 0.2) is 0 Å². The first-order chi connectivity index (χ1) is 13.6. The third-order valence-electron chi connectivity index (χ3n) is 5.49. The number of ether oxygens (including phenoxy) is 1. The third-order valence-corrected chi connectivity index (χ3v) is 5.49. The first-order valence-corrected chi connectivity index (χ1v) is 10.3. The van der Waals surface area contributed by atoms with E-state index in [-0.39, 0.29) is 30.2 Å². The van der Waals surface area contributed by atoms with Gasteiger partial charge in [-0.05, 0) is 30.5 Å². The highest BCUT2D eigenvalue weighted by Gasteiger charge is 2.24. The summed E-state index contributed by atoms with van der Waals surface area (Å²) in [5.41, 5.74) is 0.964. The van der Waals surface area contributed by atoms with Gasteiger partial charge in [0.2, 0.25) is 11.8 Å². The lowest BCUT2D eigenvalue weighted by Gasteiger charge is -2.35. The zero-order chi connectivity index (χ0) is 19.8. The Balaban J connectivity index is 1.59. The van der Waals surface area contributed by atoms with Crippen LogP contribution in [0.15, 0.2) is 24.3 Å². The highest BCUT2D eigenvalue weighted by molar-refractivity contribution is 5.84. The molecule has 2 fully saturated rings. The Morgan fingerprint density at radius 2 is 1.79 bits per heavy atom. The molecule has 1 atom stereocenters. The molecule has 0 spiro atoms. The Kier molecular flexibility index (Phi) is 7.80. The number of rotatable bonds is 6. The molecule has 0 bridgehead atoms. The Morgan fingerprint density at radius 1 is 1.07 bits per heavy atom. The van der Waals surface area contributed by atoms with Crippen LogP contribution in [0.25, 0.3) is 0 Å². The molecule has 0 aromatic heterocycles. The number of benzene rings is 1. The van der Waals surface area contributed by atoms with Crippen molar-refractivity contribution in [3.8, 4) is 0 Å². The van der Waals surface area contributed by atoms with Crippen LogP contribution in [-0.2, 0) is 14.3 Å². The molecular formula is C21H30FN3O3. The van der Waals surface area contributed by atoms with Crippen LogP contribution in [0.1, 0.15) is 43.7 Å². The van der Waals surface area contributed by atoms with Gasteiger partial charge in [0, 0.05) is 32.6 Å². The minimum atomic E-state index is -0.274. The molecule has 7 heteroatoms. The average Bonchev–Trinajstić information content (AvgIpc) is 2.70. The SMILES string of the molecule is O=C(CN1CCCCCCC1=O)NC[C@@H](c1ccc(F)cc1)N1CCOCC1. The Hall–Kier alpha value is -1.99. The number of hydrogen-bond acceptors (Lipinski definition) is 4. The summed E-state index contributed by atoms with van der Waals surface area (Å²) in [6.07, 6.45) is 4.57. The van der Waals surface area contributed by atoms with Crippen LogP contribution in [-0.4, -0.2) is 67.6 Å². The second kappa shape index (κ2) is 10.5. The molecule has 0 unspecified atom stereocenters. The monoisotopic (exact) mass is 391 g/mol. The third kappa shape index (κ3) is 6.01. The molecule has 0 saturated carbocycles. The summed E-state index contributed by atoms with van der Waals surface area (Å²) in [6.45, 7) is 4.01. The second-order valence-corrected chi connectivity index (χ2v) is 7.50. The summed E-state index contributed by atoms with van der Waals surface area (Å²) in [5, 5.41) is 2.99. The van der Waals surface area contributed by atoms with E-state index in [2.05, 4.69) is 10.2 Å². The van der Waals surface area contributed by atoms with E-state index in [9.17, 15) is 14.0 Å². The van der Waals surface area contributed by atoms with Crippen LogP contribution in [0.5, 0.6) is 0 Å². The molecule has 1 aromatic rings. The van der Waals surface area contributed by atoms with Crippen molar-refractivity contribution in [1.29, 1.82) is 0 Å². The molecule has 1 N–H and O–H groups in total. The van der Waals surface area contributed by atoms with E-state index in [0.717, 1.165) is 44.3 Å². The summed E-state index contributed by atoms with van der Waals surface area (Å²) in [6, 6.07) is 6.39. The average molecular weight is 391 g/mol. The molecule has 2 amide bonds. The van der Waals surface area contributed by atoms with E-state index in [1.54, 1.807) is 17.0 Å². The fraction of sp³-hybridized carbons (Fsp3) is 0.619. The van der Waals surface area contributed by atoms with Crippen molar-refractivity contribution in [2.24, 2.45) is 0 Å². The number of morpholine rings is 1. The second-order valence-electron chi connectivity index (χ2n) is 7.50. The van der Waals surface area contributed by atoms with Gasteiger partial charge in [-0.2, -0.15) is 0 Å². The van der Waals surface area contributed by atoms with Crippen LogP contribution in [0, 0.1) is 5.82 Å². The quantitative estimate of drug-likeness (QED) is 0.807. The summed E-state index contributed by atoms with van der Waals surface area (Å²) in [7, 11) is 0. The molecular weight excluding hydrogens is 361 g/mol. The number of nitrogens with zero attached hydrogens (tertiary/aromatic N) is 2. The number of carbonyl (C=O) groups is 2. The van der Waals surface area contributed by atoms with E-state index >= 15 is 0 Å². The molecule has 6 nitrogen and oxygen atoms in total. The Morgan fingerprint density at radius 3 is 2.54 bits per heavy atom. The van der Waals surface area contributed by atoms with Gasteiger partial charge in [0.25, 0.3) is 0 Å². The lowest BCUT2D eigenvalue weighted by Crippen LogP contribution is -2.46. The maximum Gasteiger partial charge on any atom is 0.239 e. The number of hydrogen-bond donors (Lipinski definition) is 1. The largest absolute Gasteiger partial charge is 0.379 e. The van der Waals surface area contributed by atoms with E-state index < -0.39 is 0 Å². The zero-order valence-electron chi connectivity index (χ0n) is 16.4. The minimum Gasteiger partial charge on any atom is -0.379 e. The number of carbonyl (C=O) groups excluding carboxylic acids is 2. The van der Waals surface area contributed by atoms with Gasteiger partial charge in [0.1, 0.15) is 5.82 Å². The zero-order valence-corrected chi connectivity index (χ0v) is 16.4. The Labute approximate surface area is 166 Å².